The number of aryl methyl sites for hydroxylation is 1. The molecule has 1 aromatic carbocycles. The van der Waals surface area contributed by atoms with Gasteiger partial charge in [0.25, 0.3) is 0 Å². The lowest BCUT2D eigenvalue weighted by atomic mass is 9.62. The highest BCUT2D eigenvalue weighted by molar-refractivity contribution is 7.16. The van der Waals surface area contributed by atoms with Gasteiger partial charge in [0.1, 0.15) is 0 Å². The number of carbonyl (C=O) groups is 1. The second kappa shape index (κ2) is 7.43. The number of aromatic carboxylic acids is 1. The third-order valence-electron chi connectivity index (χ3n) is 7.55. The maximum atomic E-state index is 12.5. The molecule has 0 unspecified atom stereocenters. The highest BCUT2D eigenvalue weighted by atomic mass is 32.1. The number of fused-ring (bicyclic) bond motifs is 2. The van der Waals surface area contributed by atoms with Crippen molar-refractivity contribution in [3.63, 3.8) is 0 Å². The van der Waals surface area contributed by atoms with Gasteiger partial charge in [-0.25, -0.2) is 10.7 Å². The van der Waals surface area contributed by atoms with Crippen LogP contribution in [0.4, 0.5) is 0 Å². The Labute approximate surface area is 189 Å². The monoisotopic (exact) mass is 441 g/mol. The van der Waals surface area contributed by atoms with Crippen molar-refractivity contribution in [2.24, 2.45) is 11.3 Å². The molecule has 31 heavy (non-hydrogen) atoms. The van der Waals surface area contributed by atoms with Gasteiger partial charge in [-0.15, -0.1) is 11.3 Å². The second-order valence-electron chi connectivity index (χ2n) is 11.5. The van der Waals surface area contributed by atoms with E-state index < -0.39 is 5.97 Å². The van der Waals surface area contributed by atoms with E-state index in [4.69, 9.17) is 10.7 Å². The molecule has 2 aliphatic carbocycles. The van der Waals surface area contributed by atoms with Crippen molar-refractivity contribution in [3.05, 3.63) is 44.8 Å². The smallest absolute Gasteiger partial charge is 0.337 e. The molecule has 0 saturated carbocycles. The van der Waals surface area contributed by atoms with Gasteiger partial charge in [-0.2, -0.15) is 0 Å². The first kappa shape index (κ1) is 22.5. The lowest BCUT2D eigenvalue weighted by Crippen LogP contribution is -2.34. The molecule has 1 aromatic heterocycles. The van der Waals surface area contributed by atoms with E-state index in [0.29, 0.717) is 5.56 Å². The van der Waals surface area contributed by atoms with Crippen molar-refractivity contribution in [2.45, 2.75) is 91.1 Å². The fourth-order valence-electron chi connectivity index (χ4n) is 5.42. The third kappa shape index (κ3) is 3.85. The zero-order valence-electron chi connectivity index (χ0n) is 19.6. The Hall–Kier alpha value is -1.69. The molecule has 0 saturated heterocycles. The van der Waals surface area contributed by atoms with E-state index in [9.17, 15) is 9.90 Å². The maximum absolute atomic E-state index is 12.5. The highest BCUT2D eigenvalue weighted by Gasteiger charge is 2.39. The van der Waals surface area contributed by atoms with Gasteiger partial charge in [-0.1, -0.05) is 47.6 Å². The first-order valence-electron chi connectivity index (χ1n) is 11.2. The summed E-state index contributed by atoms with van der Waals surface area (Å²) in [5, 5.41) is 10.2. The molecule has 4 nitrogen and oxygen atoms in total. The van der Waals surface area contributed by atoms with Crippen LogP contribution in [0, 0.1) is 5.41 Å². The van der Waals surface area contributed by atoms with Gasteiger partial charge in [-0.3, -0.25) is 4.84 Å². The summed E-state index contributed by atoms with van der Waals surface area (Å²) >= 11 is 1.66. The summed E-state index contributed by atoms with van der Waals surface area (Å²) in [5.74, 6) is 4.69. The first-order valence-corrected chi connectivity index (χ1v) is 12.1. The van der Waals surface area contributed by atoms with Crippen molar-refractivity contribution < 1.29 is 14.7 Å². The van der Waals surface area contributed by atoms with Gasteiger partial charge in [0.05, 0.1) is 12.2 Å². The molecular weight excluding hydrogens is 406 g/mol. The SMILES string of the molecule is CC1(C)CCc2sc(-c3cc4c(cc3CON)C(C)(C)CCC4(C)C)c(C(=O)O)c2C1. The number of thiophene rings is 1. The van der Waals surface area contributed by atoms with Gasteiger partial charge in [0.15, 0.2) is 0 Å². The molecule has 0 radical (unpaired) electrons. The number of hydrogen-bond acceptors (Lipinski definition) is 4. The number of carboxylic acid groups (broad SMARTS) is 1. The molecule has 0 bridgehead atoms. The summed E-state index contributed by atoms with van der Waals surface area (Å²) in [6, 6.07) is 4.48. The second-order valence-corrected chi connectivity index (χ2v) is 12.6. The van der Waals surface area contributed by atoms with E-state index in [-0.39, 0.29) is 22.9 Å². The van der Waals surface area contributed by atoms with Gasteiger partial charge in [-0.05, 0) is 82.2 Å². The van der Waals surface area contributed by atoms with E-state index in [1.807, 2.05) is 0 Å². The van der Waals surface area contributed by atoms with Crippen LogP contribution in [0.2, 0.25) is 0 Å². The standard InChI is InChI=1S/C26H35NO3S/c1-24(2)8-7-20-17(13-24)21(23(28)29)22(31-20)16-12-19-18(11-15(16)14-30-27)25(3,4)9-10-26(19,5)6/h11-12H,7-10,13-14,27H2,1-6H3,(H,28,29). The Morgan fingerprint density at radius 3 is 2.26 bits per heavy atom. The number of carboxylic acids is 1. The van der Waals surface area contributed by atoms with Crippen LogP contribution in [0.5, 0.6) is 0 Å². The largest absolute Gasteiger partial charge is 0.478 e. The molecule has 0 aliphatic heterocycles. The van der Waals surface area contributed by atoms with Crippen LogP contribution in [0.15, 0.2) is 12.1 Å². The first-order chi connectivity index (χ1) is 14.4. The predicted octanol–water partition coefficient (Wildman–Crippen LogP) is 6.37. The normalized spacial score (nSPS) is 20.7. The Kier molecular flexibility index (Phi) is 5.39. The molecular formula is C26H35NO3S. The topological polar surface area (TPSA) is 72.5 Å². The predicted molar refractivity (Wildman–Crippen MR) is 127 cm³/mol. The van der Waals surface area contributed by atoms with Crippen LogP contribution in [-0.4, -0.2) is 11.1 Å². The molecule has 3 N–H and O–H groups in total. The van der Waals surface area contributed by atoms with Crippen LogP contribution in [0.25, 0.3) is 10.4 Å². The lowest BCUT2D eigenvalue weighted by Gasteiger charge is -2.42. The maximum Gasteiger partial charge on any atom is 0.337 e. The van der Waals surface area contributed by atoms with E-state index in [1.54, 1.807) is 11.3 Å². The zero-order chi connectivity index (χ0) is 22.8. The molecule has 0 amide bonds. The molecule has 2 aromatic rings. The summed E-state index contributed by atoms with van der Waals surface area (Å²) in [5.41, 5.74) is 6.36. The van der Waals surface area contributed by atoms with E-state index in [1.165, 1.54) is 16.0 Å². The molecule has 4 rings (SSSR count). The number of rotatable bonds is 4. The summed E-state index contributed by atoms with van der Waals surface area (Å²) in [6.07, 6.45) is 5.08. The number of benzene rings is 1. The summed E-state index contributed by atoms with van der Waals surface area (Å²) in [4.78, 5) is 19.7. The van der Waals surface area contributed by atoms with Gasteiger partial charge >= 0.3 is 5.97 Å². The Bertz CT molecular complexity index is 1050. The van der Waals surface area contributed by atoms with Crippen LogP contribution in [0.1, 0.15) is 98.3 Å². The van der Waals surface area contributed by atoms with Crippen molar-refractivity contribution in [1.82, 2.24) is 0 Å². The van der Waals surface area contributed by atoms with Crippen LogP contribution in [-0.2, 0) is 35.1 Å². The quantitative estimate of drug-likeness (QED) is 0.541. The molecule has 5 heteroatoms. The van der Waals surface area contributed by atoms with Crippen LogP contribution < -0.4 is 5.90 Å². The number of nitrogens with two attached hydrogens (primary N) is 1. The summed E-state index contributed by atoms with van der Waals surface area (Å²) < 4.78 is 0. The van der Waals surface area contributed by atoms with Gasteiger partial charge < -0.3 is 5.11 Å². The highest BCUT2D eigenvalue weighted by Crippen LogP contribution is 2.50. The molecule has 0 atom stereocenters. The molecule has 168 valence electrons. The average Bonchev–Trinajstić information content (AvgIpc) is 3.03. The minimum atomic E-state index is -0.831. The third-order valence-corrected chi connectivity index (χ3v) is 8.87. The molecule has 0 fully saturated rings. The summed E-state index contributed by atoms with van der Waals surface area (Å²) in [6.45, 7) is 13.9. The van der Waals surface area contributed by atoms with E-state index >= 15 is 0 Å². The van der Waals surface area contributed by atoms with Crippen molar-refractivity contribution in [2.75, 3.05) is 0 Å². The van der Waals surface area contributed by atoms with Gasteiger partial charge in [0, 0.05) is 9.75 Å². The van der Waals surface area contributed by atoms with Crippen molar-refractivity contribution in [1.29, 1.82) is 0 Å². The van der Waals surface area contributed by atoms with E-state index in [2.05, 4.69) is 53.7 Å². The van der Waals surface area contributed by atoms with Crippen molar-refractivity contribution >= 4 is 17.3 Å². The minimum Gasteiger partial charge on any atom is -0.478 e. The fraction of sp³-hybridized carbons (Fsp3) is 0.577. The zero-order valence-corrected chi connectivity index (χ0v) is 20.5. The van der Waals surface area contributed by atoms with Crippen molar-refractivity contribution in [3.8, 4) is 10.4 Å². The van der Waals surface area contributed by atoms with Crippen LogP contribution >= 0.6 is 11.3 Å². The number of hydrogen-bond donors (Lipinski definition) is 2. The Morgan fingerprint density at radius 1 is 1.06 bits per heavy atom. The fourth-order valence-corrected chi connectivity index (χ4v) is 6.78. The Balaban J connectivity index is 1.99. The summed E-state index contributed by atoms with van der Waals surface area (Å²) in [7, 11) is 0. The average molecular weight is 442 g/mol. The molecule has 1 heterocycles. The molecule has 2 aliphatic rings. The Morgan fingerprint density at radius 2 is 1.68 bits per heavy atom. The van der Waals surface area contributed by atoms with Crippen LogP contribution in [0.3, 0.4) is 0 Å². The van der Waals surface area contributed by atoms with E-state index in [0.717, 1.165) is 53.7 Å². The molecule has 0 spiro atoms. The van der Waals surface area contributed by atoms with Gasteiger partial charge in [0.2, 0.25) is 0 Å². The lowest BCUT2D eigenvalue weighted by molar-refractivity contribution is 0.0696. The minimum absolute atomic E-state index is 0.0456.